The van der Waals surface area contributed by atoms with E-state index in [2.05, 4.69) is 0 Å². The Balaban J connectivity index is 2.17. The van der Waals surface area contributed by atoms with Crippen LogP contribution in [0.3, 0.4) is 0 Å². The zero-order valence-corrected chi connectivity index (χ0v) is 12.6. The first kappa shape index (κ1) is 16.9. The molecule has 0 aromatic heterocycles. The second kappa shape index (κ2) is 6.78. The van der Waals surface area contributed by atoms with Gasteiger partial charge in [-0.1, -0.05) is 12.1 Å². The Morgan fingerprint density at radius 3 is 2.54 bits per heavy atom. The van der Waals surface area contributed by atoms with Crippen LogP contribution in [-0.4, -0.2) is 33.5 Å². The largest absolute Gasteiger partial charge is 0.508 e. The minimum absolute atomic E-state index is 0.139. The summed E-state index contributed by atoms with van der Waals surface area (Å²) in [6.45, 7) is 0.805. The highest BCUT2D eigenvalue weighted by Gasteiger charge is 2.24. The molecular weight excluding hydrogens is 318 g/mol. The average Bonchev–Trinajstić information content (AvgIpc) is 2.51. The lowest BCUT2D eigenvalue weighted by Gasteiger charge is -2.08. The fourth-order valence-electron chi connectivity index (χ4n) is 2.11. The molecule has 0 spiro atoms. The van der Waals surface area contributed by atoms with Gasteiger partial charge in [0.25, 0.3) is 5.69 Å². The van der Waals surface area contributed by atoms with Crippen molar-refractivity contribution in [1.29, 1.82) is 0 Å². The SMILES string of the molecule is Cc1cccc([N+](=O)[O-])c1C(=O)OCC(=O)c1ccc(O)cc1O. The van der Waals surface area contributed by atoms with Crippen molar-refractivity contribution in [1.82, 2.24) is 0 Å². The van der Waals surface area contributed by atoms with Gasteiger partial charge < -0.3 is 14.9 Å². The molecule has 2 aromatic carbocycles. The van der Waals surface area contributed by atoms with E-state index in [1.807, 2.05) is 0 Å². The van der Waals surface area contributed by atoms with Crippen LogP contribution in [0.15, 0.2) is 36.4 Å². The first-order valence-electron chi connectivity index (χ1n) is 6.77. The number of phenolic OH excluding ortho intramolecular Hbond substituents is 2. The van der Waals surface area contributed by atoms with Gasteiger partial charge in [-0.2, -0.15) is 0 Å². The predicted octanol–water partition coefficient (Wildman–Crippen LogP) is 2.35. The number of Topliss-reactive ketones (excluding diaryl/α,β-unsaturated/α-hetero) is 1. The number of esters is 1. The summed E-state index contributed by atoms with van der Waals surface area (Å²) in [5, 5.41) is 29.8. The Morgan fingerprint density at radius 1 is 1.21 bits per heavy atom. The summed E-state index contributed by atoms with van der Waals surface area (Å²) < 4.78 is 4.83. The molecule has 0 saturated carbocycles. The first-order chi connectivity index (χ1) is 11.3. The van der Waals surface area contributed by atoms with Crippen LogP contribution >= 0.6 is 0 Å². The summed E-state index contributed by atoms with van der Waals surface area (Å²) in [7, 11) is 0. The topological polar surface area (TPSA) is 127 Å². The average molecular weight is 331 g/mol. The highest BCUT2D eigenvalue weighted by Crippen LogP contribution is 2.24. The maximum absolute atomic E-state index is 12.1. The number of phenols is 2. The number of nitro groups is 1. The Labute approximate surface area is 136 Å². The number of nitro benzene ring substituents is 1. The Hall–Kier alpha value is -3.42. The molecule has 0 atom stereocenters. The van der Waals surface area contributed by atoms with Crippen molar-refractivity contribution in [2.45, 2.75) is 6.92 Å². The fourth-order valence-corrected chi connectivity index (χ4v) is 2.11. The van der Waals surface area contributed by atoms with Crippen molar-refractivity contribution in [2.75, 3.05) is 6.61 Å². The van der Waals surface area contributed by atoms with Gasteiger partial charge >= 0.3 is 5.97 Å². The van der Waals surface area contributed by atoms with E-state index in [0.717, 1.165) is 12.1 Å². The third-order valence-electron chi connectivity index (χ3n) is 3.27. The molecule has 124 valence electrons. The smallest absolute Gasteiger partial charge is 0.345 e. The second-order valence-electron chi connectivity index (χ2n) is 4.93. The zero-order valence-electron chi connectivity index (χ0n) is 12.6. The third-order valence-corrected chi connectivity index (χ3v) is 3.27. The van der Waals surface area contributed by atoms with E-state index in [1.54, 1.807) is 0 Å². The number of ketones is 1. The highest BCUT2D eigenvalue weighted by molar-refractivity contribution is 6.02. The summed E-state index contributed by atoms with van der Waals surface area (Å²) in [6, 6.07) is 7.46. The quantitative estimate of drug-likeness (QED) is 0.372. The molecule has 2 N–H and O–H groups in total. The highest BCUT2D eigenvalue weighted by atomic mass is 16.6. The number of aryl methyl sites for hydroxylation is 1. The summed E-state index contributed by atoms with van der Waals surface area (Å²) in [5.41, 5.74) is -0.445. The van der Waals surface area contributed by atoms with Crippen LogP contribution < -0.4 is 0 Å². The van der Waals surface area contributed by atoms with Crippen LogP contribution in [0.5, 0.6) is 11.5 Å². The number of rotatable bonds is 5. The van der Waals surface area contributed by atoms with Crippen LogP contribution in [-0.2, 0) is 4.74 Å². The second-order valence-corrected chi connectivity index (χ2v) is 4.93. The molecule has 0 bridgehead atoms. The number of ether oxygens (including phenoxy) is 1. The molecule has 8 nitrogen and oxygen atoms in total. The van der Waals surface area contributed by atoms with Crippen LogP contribution in [0.1, 0.15) is 26.3 Å². The lowest BCUT2D eigenvalue weighted by Crippen LogP contribution is -2.16. The van der Waals surface area contributed by atoms with Crippen molar-refractivity contribution in [3.8, 4) is 11.5 Å². The lowest BCUT2D eigenvalue weighted by atomic mass is 10.1. The predicted molar refractivity (Wildman–Crippen MR) is 82.2 cm³/mol. The van der Waals surface area contributed by atoms with Gasteiger partial charge in [0.15, 0.2) is 6.61 Å². The van der Waals surface area contributed by atoms with Crippen molar-refractivity contribution in [3.63, 3.8) is 0 Å². The van der Waals surface area contributed by atoms with Crippen LogP contribution in [0.25, 0.3) is 0 Å². The minimum atomic E-state index is -1.01. The maximum atomic E-state index is 12.1. The van der Waals surface area contributed by atoms with Crippen molar-refractivity contribution >= 4 is 17.4 Å². The van der Waals surface area contributed by atoms with Crippen LogP contribution in [0, 0.1) is 17.0 Å². The summed E-state index contributed by atoms with van der Waals surface area (Å²) in [4.78, 5) is 34.3. The Morgan fingerprint density at radius 2 is 1.92 bits per heavy atom. The van der Waals surface area contributed by atoms with Crippen molar-refractivity contribution in [2.24, 2.45) is 0 Å². The molecule has 0 unspecified atom stereocenters. The number of hydrogen-bond acceptors (Lipinski definition) is 7. The summed E-state index contributed by atoms with van der Waals surface area (Å²) in [6.07, 6.45) is 0. The van der Waals surface area contributed by atoms with E-state index in [0.29, 0.717) is 5.56 Å². The Bertz CT molecular complexity index is 829. The monoisotopic (exact) mass is 331 g/mol. The molecule has 0 aliphatic rings. The van der Waals surface area contributed by atoms with E-state index in [-0.39, 0.29) is 16.9 Å². The molecule has 0 fully saturated rings. The lowest BCUT2D eigenvalue weighted by molar-refractivity contribution is -0.385. The molecule has 0 heterocycles. The molecule has 24 heavy (non-hydrogen) atoms. The molecule has 2 aromatic rings. The number of carbonyl (C=O) groups excluding carboxylic acids is 2. The molecule has 0 saturated heterocycles. The number of hydrogen-bond donors (Lipinski definition) is 2. The van der Waals surface area contributed by atoms with E-state index in [9.17, 15) is 29.9 Å². The van der Waals surface area contributed by atoms with Gasteiger partial charge in [0.2, 0.25) is 5.78 Å². The van der Waals surface area contributed by atoms with Gasteiger partial charge in [0.1, 0.15) is 17.1 Å². The number of benzene rings is 2. The van der Waals surface area contributed by atoms with Gasteiger partial charge in [-0.25, -0.2) is 4.79 Å². The fraction of sp³-hybridized carbons (Fsp3) is 0.125. The van der Waals surface area contributed by atoms with Gasteiger partial charge in [0.05, 0.1) is 10.5 Å². The van der Waals surface area contributed by atoms with Crippen molar-refractivity contribution in [3.05, 3.63) is 63.2 Å². The molecule has 2 rings (SSSR count). The van der Waals surface area contributed by atoms with Gasteiger partial charge in [-0.15, -0.1) is 0 Å². The normalized spacial score (nSPS) is 10.2. The standard InChI is InChI=1S/C16H13NO7/c1-9-3-2-4-12(17(22)23)15(9)16(21)24-8-14(20)11-6-5-10(18)7-13(11)19/h2-7,18-19H,8H2,1H3. The van der Waals surface area contributed by atoms with E-state index in [1.165, 1.54) is 31.2 Å². The number of aromatic hydroxyl groups is 2. The van der Waals surface area contributed by atoms with E-state index >= 15 is 0 Å². The molecule has 0 amide bonds. The number of carbonyl (C=O) groups is 2. The maximum Gasteiger partial charge on any atom is 0.345 e. The van der Waals surface area contributed by atoms with Crippen LogP contribution in [0.2, 0.25) is 0 Å². The summed E-state index contributed by atoms with van der Waals surface area (Å²) >= 11 is 0. The van der Waals surface area contributed by atoms with Crippen molar-refractivity contribution < 1.29 is 29.5 Å². The number of nitrogens with zero attached hydrogens (tertiary/aromatic N) is 1. The van der Waals surface area contributed by atoms with Gasteiger partial charge in [0, 0.05) is 12.1 Å². The van der Waals surface area contributed by atoms with Gasteiger partial charge in [-0.3, -0.25) is 14.9 Å². The molecule has 0 radical (unpaired) electrons. The summed E-state index contributed by atoms with van der Waals surface area (Å²) in [5.74, 6) is -2.40. The zero-order chi connectivity index (χ0) is 17.9. The van der Waals surface area contributed by atoms with Crippen LogP contribution in [0.4, 0.5) is 5.69 Å². The Kier molecular flexibility index (Phi) is 4.78. The van der Waals surface area contributed by atoms with E-state index in [4.69, 9.17) is 4.74 Å². The first-order valence-corrected chi connectivity index (χ1v) is 6.77. The molecular formula is C16H13NO7. The van der Waals surface area contributed by atoms with Gasteiger partial charge in [-0.05, 0) is 24.6 Å². The molecule has 8 heteroatoms. The van der Waals surface area contributed by atoms with E-state index < -0.39 is 34.7 Å². The minimum Gasteiger partial charge on any atom is -0.508 e. The molecule has 0 aliphatic carbocycles. The molecule has 0 aliphatic heterocycles. The third kappa shape index (κ3) is 3.49.